The van der Waals surface area contributed by atoms with Crippen LogP contribution in [0, 0.1) is 5.92 Å². The molecule has 0 aromatic heterocycles. The summed E-state index contributed by atoms with van der Waals surface area (Å²) >= 11 is 4.07. The lowest BCUT2D eigenvalue weighted by atomic mass is 9.98. The van der Waals surface area contributed by atoms with Gasteiger partial charge in [-0.05, 0) is 49.4 Å². The van der Waals surface area contributed by atoms with Crippen molar-refractivity contribution in [3.05, 3.63) is 29.8 Å². The zero-order valence-corrected chi connectivity index (χ0v) is 35.2. The number of nitrogens with one attached hydrogen (secondary N) is 7. The lowest BCUT2D eigenvalue weighted by Crippen LogP contribution is -2.61. The molecule has 25 heteroatoms. The van der Waals surface area contributed by atoms with Gasteiger partial charge >= 0.3 is 11.9 Å². The van der Waals surface area contributed by atoms with Crippen LogP contribution in [0.2, 0.25) is 0 Å². The molecule has 0 fully saturated rings. The smallest absolute Gasteiger partial charge is 0.322 e. The number of carboxylic acids is 2. The van der Waals surface area contributed by atoms with E-state index in [9.17, 15) is 63.3 Å². The van der Waals surface area contributed by atoms with Crippen molar-refractivity contribution < 1.29 is 68.4 Å². The number of primary amides is 1. The van der Waals surface area contributed by atoms with Crippen molar-refractivity contribution in [2.75, 3.05) is 25.4 Å². The van der Waals surface area contributed by atoms with Gasteiger partial charge in [0.05, 0.1) is 25.5 Å². The van der Waals surface area contributed by atoms with Crippen LogP contribution in [-0.2, 0) is 54.4 Å². The number of carbonyl (C=O) groups is 10. The maximum Gasteiger partial charge on any atom is 0.322 e. The Bertz CT molecular complexity index is 1740. The number of phenolic OH excluding ortho intramolecular Hbond substituents is 1. The number of aliphatic carboxylic acids is 2. The van der Waals surface area contributed by atoms with Crippen LogP contribution in [0.25, 0.3) is 0 Å². The molecular formula is C37H58N10O14S. The van der Waals surface area contributed by atoms with E-state index in [-0.39, 0.29) is 37.3 Å². The quantitative estimate of drug-likeness (QED) is 0.0264. The number of thiol groups is 1. The van der Waals surface area contributed by atoms with E-state index in [1.807, 2.05) is 0 Å². The largest absolute Gasteiger partial charge is 0.508 e. The normalized spacial score (nSPS) is 14.7. The molecule has 8 atom stereocenters. The minimum Gasteiger partial charge on any atom is -0.508 e. The molecule has 0 aliphatic rings. The summed E-state index contributed by atoms with van der Waals surface area (Å²) < 4.78 is 0. The SMILES string of the molecule is CC[C@H](C)[C@H](NC(=O)[C@H](CS)NC(=O)[C@H](CO)NC(=O)[C@H](CC(=O)O)NC(=O)[C@H](CCCCN)NC(=O)[C@H](Cc1ccc(O)cc1)NC(=O)[C@@H](N)CC(N)=O)C(=O)NCC(=O)O. The first-order valence-corrected chi connectivity index (χ1v) is 20.1. The van der Waals surface area contributed by atoms with Gasteiger partial charge in [0.25, 0.3) is 0 Å². The van der Waals surface area contributed by atoms with E-state index < -0.39 is 133 Å². The van der Waals surface area contributed by atoms with Gasteiger partial charge in [0, 0.05) is 12.2 Å². The van der Waals surface area contributed by atoms with Gasteiger partial charge in [-0.2, -0.15) is 12.6 Å². The number of carbonyl (C=O) groups excluding carboxylic acids is 8. The lowest BCUT2D eigenvalue weighted by Gasteiger charge is -2.27. The van der Waals surface area contributed by atoms with Gasteiger partial charge < -0.3 is 74.8 Å². The second-order valence-corrected chi connectivity index (χ2v) is 14.5. The number of nitrogens with two attached hydrogens (primary N) is 3. The number of aliphatic hydroxyl groups is 1. The number of benzene rings is 1. The van der Waals surface area contributed by atoms with E-state index in [1.165, 1.54) is 24.3 Å². The highest BCUT2D eigenvalue weighted by Crippen LogP contribution is 2.13. The van der Waals surface area contributed by atoms with Crippen molar-refractivity contribution >= 4 is 71.8 Å². The molecular weight excluding hydrogens is 841 g/mol. The van der Waals surface area contributed by atoms with Crippen molar-refractivity contribution in [2.24, 2.45) is 23.1 Å². The van der Waals surface area contributed by atoms with Crippen LogP contribution in [0.3, 0.4) is 0 Å². The third kappa shape index (κ3) is 19.6. The molecule has 1 aromatic rings. The van der Waals surface area contributed by atoms with Gasteiger partial charge in [-0.15, -0.1) is 0 Å². The molecule has 24 nitrogen and oxygen atoms in total. The fraction of sp³-hybridized carbons (Fsp3) is 0.568. The Balaban J connectivity index is 3.29. The van der Waals surface area contributed by atoms with Gasteiger partial charge in [0.15, 0.2) is 0 Å². The number of hydrogen-bond acceptors (Lipinski definition) is 15. The number of carboxylic acid groups (broad SMARTS) is 2. The third-order valence-electron chi connectivity index (χ3n) is 9.20. The fourth-order valence-corrected chi connectivity index (χ4v) is 5.77. The van der Waals surface area contributed by atoms with Crippen LogP contribution in [0.5, 0.6) is 5.75 Å². The molecule has 8 amide bonds. The van der Waals surface area contributed by atoms with Crippen molar-refractivity contribution in [1.29, 1.82) is 0 Å². The maximum atomic E-state index is 13.7. The van der Waals surface area contributed by atoms with Crippen molar-refractivity contribution in [1.82, 2.24) is 37.2 Å². The molecule has 62 heavy (non-hydrogen) atoms. The lowest BCUT2D eigenvalue weighted by molar-refractivity contribution is -0.142. The summed E-state index contributed by atoms with van der Waals surface area (Å²) in [4.78, 5) is 127. The summed E-state index contributed by atoms with van der Waals surface area (Å²) in [6.07, 6.45) is -0.943. The van der Waals surface area contributed by atoms with E-state index in [0.29, 0.717) is 18.4 Å². The van der Waals surface area contributed by atoms with E-state index in [4.69, 9.17) is 22.3 Å². The first kappa shape index (κ1) is 54.0. The maximum absolute atomic E-state index is 13.7. The number of phenols is 1. The number of rotatable bonds is 29. The highest BCUT2D eigenvalue weighted by Gasteiger charge is 2.35. The van der Waals surface area contributed by atoms with E-state index >= 15 is 0 Å². The minimum atomic E-state index is -1.92. The second-order valence-electron chi connectivity index (χ2n) is 14.2. The molecule has 17 N–H and O–H groups in total. The summed E-state index contributed by atoms with van der Waals surface area (Å²) in [5, 5.41) is 54.3. The van der Waals surface area contributed by atoms with Gasteiger partial charge in [0.2, 0.25) is 47.3 Å². The number of aliphatic hydroxyl groups excluding tert-OH is 1. The van der Waals surface area contributed by atoms with Crippen LogP contribution >= 0.6 is 12.6 Å². The van der Waals surface area contributed by atoms with Gasteiger partial charge in [-0.25, -0.2) is 0 Å². The molecule has 0 aliphatic carbocycles. The zero-order valence-electron chi connectivity index (χ0n) is 34.3. The average molecular weight is 899 g/mol. The second kappa shape index (κ2) is 27.7. The Hall–Kier alpha value is -6.05. The number of amides is 8. The molecule has 0 radical (unpaired) electrons. The molecule has 0 unspecified atom stereocenters. The van der Waals surface area contributed by atoms with Gasteiger partial charge in [-0.1, -0.05) is 32.4 Å². The summed E-state index contributed by atoms with van der Waals surface area (Å²) in [6, 6.07) is -5.25. The number of hydrogen-bond donors (Lipinski definition) is 15. The Morgan fingerprint density at radius 2 is 1.19 bits per heavy atom. The van der Waals surface area contributed by atoms with Crippen LogP contribution in [0.1, 0.15) is 57.9 Å². The Kier molecular flexibility index (Phi) is 24.1. The molecule has 0 aliphatic heterocycles. The molecule has 0 spiro atoms. The number of aromatic hydroxyl groups is 1. The third-order valence-corrected chi connectivity index (χ3v) is 9.56. The minimum absolute atomic E-state index is 0.0933. The summed E-state index contributed by atoms with van der Waals surface area (Å²) in [5.41, 5.74) is 17.0. The average Bonchev–Trinajstić information content (AvgIpc) is 3.21. The number of unbranched alkanes of at least 4 members (excludes halogenated alkanes) is 1. The molecule has 0 saturated heterocycles. The molecule has 1 aromatic carbocycles. The Labute approximate surface area is 362 Å². The summed E-state index contributed by atoms with van der Waals surface area (Å²) in [5.74, 6) is -11.9. The van der Waals surface area contributed by atoms with Crippen LogP contribution in [0.15, 0.2) is 24.3 Å². The topological polar surface area (TPSA) is 414 Å². The summed E-state index contributed by atoms with van der Waals surface area (Å²) in [7, 11) is 0. The molecule has 0 heterocycles. The Morgan fingerprint density at radius 3 is 1.73 bits per heavy atom. The Morgan fingerprint density at radius 1 is 0.677 bits per heavy atom. The van der Waals surface area contributed by atoms with E-state index in [0.717, 1.165) is 0 Å². The van der Waals surface area contributed by atoms with Crippen molar-refractivity contribution in [2.45, 2.75) is 101 Å². The van der Waals surface area contributed by atoms with Crippen molar-refractivity contribution in [3.8, 4) is 5.75 Å². The molecule has 0 saturated carbocycles. The first-order valence-electron chi connectivity index (χ1n) is 19.4. The predicted molar refractivity (Wildman–Crippen MR) is 221 cm³/mol. The van der Waals surface area contributed by atoms with E-state index in [1.54, 1.807) is 13.8 Å². The monoisotopic (exact) mass is 898 g/mol. The highest BCUT2D eigenvalue weighted by molar-refractivity contribution is 7.80. The predicted octanol–water partition coefficient (Wildman–Crippen LogP) is -5.18. The van der Waals surface area contributed by atoms with E-state index in [2.05, 4.69) is 49.8 Å². The first-order chi connectivity index (χ1) is 29.2. The van der Waals surface area contributed by atoms with Crippen molar-refractivity contribution in [3.63, 3.8) is 0 Å². The summed E-state index contributed by atoms with van der Waals surface area (Å²) in [6.45, 7) is 1.70. The molecule has 0 bridgehead atoms. The zero-order chi connectivity index (χ0) is 47.1. The van der Waals surface area contributed by atoms with Crippen LogP contribution < -0.4 is 54.4 Å². The molecule has 1 rings (SSSR count). The van der Waals surface area contributed by atoms with Crippen LogP contribution in [-0.4, -0.2) is 147 Å². The highest BCUT2D eigenvalue weighted by atomic mass is 32.1. The molecule has 346 valence electrons. The standard InChI is InChI=1S/C37H58N10O14S/c1-3-18(2)30(37(61)41-15-29(53)54)47-36(60)26(17-62)46-35(59)25(16-48)45-34(58)24(14-28(51)52)44-32(56)22(6-4-5-11-38)42-33(57)23(12-19-7-9-20(49)10-8-19)43-31(55)21(39)13-27(40)50/h7-10,18,21-26,30,48-49,62H,3-6,11-17,38-39H2,1-2H3,(H2,40,50)(H,41,61)(H,42,57)(H,43,55)(H,44,56)(H,45,58)(H,46,59)(H,47,60)(H,51,52)(H,53,54)/t18-,21-,22-,23-,24-,25-,26-,30-/m0/s1. The van der Waals surface area contributed by atoms with Gasteiger partial charge in [-0.3, -0.25) is 47.9 Å². The van der Waals surface area contributed by atoms with Crippen LogP contribution in [0.4, 0.5) is 0 Å². The van der Waals surface area contributed by atoms with Gasteiger partial charge in [0.1, 0.15) is 48.5 Å². The fourth-order valence-electron chi connectivity index (χ4n) is 5.52.